The highest BCUT2D eigenvalue weighted by molar-refractivity contribution is 7.92. The fourth-order valence-electron chi connectivity index (χ4n) is 5.57. The maximum absolute atomic E-state index is 13.9. The van der Waals surface area contributed by atoms with E-state index in [1.54, 1.807) is 18.2 Å². The lowest BCUT2D eigenvalue weighted by atomic mass is 10.00. The van der Waals surface area contributed by atoms with Crippen LogP contribution in [0.4, 0.5) is 5.95 Å². The second-order valence-electron chi connectivity index (χ2n) is 11.0. The van der Waals surface area contributed by atoms with Gasteiger partial charge in [-0.2, -0.15) is 4.98 Å². The van der Waals surface area contributed by atoms with E-state index in [2.05, 4.69) is 33.4 Å². The van der Waals surface area contributed by atoms with Crippen molar-refractivity contribution in [2.24, 2.45) is 5.92 Å². The van der Waals surface area contributed by atoms with Gasteiger partial charge in [-0.3, -0.25) is 4.79 Å². The molecule has 0 unspecified atom stereocenters. The Labute approximate surface area is 242 Å². The highest BCUT2D eigenvalue weighted by atomic mass is 35.5. The standard InChI is InChI=1S/C29H35N5O4S.ClH/c1-18(2)12-22-15-33(5)16-23-17-34(22)28(35)21-10-7-11-24(13-21)39(36,37)32-29-30-25(14-26(31-29)38-23)27-19(3)8-6-9-20(27)4;/h6-11,13-14,18,22-23H,12,15-17H2,1-5H3,(H,30,31,32);1H/t22-,23+;/m0./s1. The number of halogens is 1. The van der Waals surface area contributed by atoms with Gasteiger partial charge in [0, 0.05) is 36.3 Å². The molecule has 2 aliphatic heterocycles. The van der Waals surface area contributed by atoms with Crippen molar-refractivity contribution in [1.29, 1.82) is 0 Å². The molecule has 0 radical (unpaired) electrons. The third kappa shape index (κ3) is 6.24. The maximum Gasteiger partial charge on any atom is 0.264 e. The molecular weight excluding hydrogens is 550 g/mol. The van der Waals surface area contributed by atoms with Crippen LogP contribution in [-0.4, -0.2) is 72.9 Å². The number of hydrogen-bond acceptors (Lipinski definition) is 7. The summed E-state index contributed by atoms with van der Waals surface area (Å²) in [7, 11) is -2.05. The number of rotatable bonds is 3. The molecule has 1 saturated heterocycles. The van der Waals surface area contributed by atoms with Crippen LogP contribution >= 0.6 is 12.4 Å². The number of aryl methyl sites for hydroxylation is 2. The first-order valence-corrected chi connectivity index (χ1v) is 14.7. The first kappa shape index (κ1) is 29.8. The fraction of sp³-hybridized carbons (Fsp3) is 0.414. The van der Waals surface area contributed by atoms with Crippen LogP contribution in [0.2, 0.25) is 0 Å². The average Bonchev–Trinajstić information content (AvgIpc) is 3.00. The van der Waals surface area contributed by atoms with Crippen LogP contribution in [0.3, 0.4) is 0 Å². The van der Waals surface area contributed by atoms with E-state index < -0.39 is 10.0 Å². The highest BCUT2D eigenvalue weighted by Crippen LogP contribution is 2.31. The fourth-order valence-corrected chi connectivity index (χ4v) is 6.55. The molecule has 11 heteroatoms. The Morgan fingerprint density at radius 1 is 1.02 bits per heavy atom. The Bertz CT molecular complexity index is 1490. The number of carbonyl (C=O) groups is 1. The first-order chi connectivity index (χ1) is 18.5. The van der Waals surface area contributed by atoms with Gasteiger partial charge in [0.2, 0.25) is 11.8 Å². The number of hydrogen-bond donors (Lipinski definition) is 1. The lowest BCUT2D eigenvalue weighted by Gasteiger charge is -2.33. The predicted octanol–water partition coefficient (Wildman–Crippen LogP) is 4.55. The number of nitrogens with zero attached hydrogens (tertiary/aromatic N) is 4. The second-order valence-corrected chi connectivity index (χ2v) is 12.7. The molecule has 5 rings (SSSR count). The van der Waals surface area contributed by atoms with E-state index in [9.17, 15) is 13.2 Å². The molecule has 1 fully saturated rings. The topological polar surface area (TPSA) is 105 Å². The Morgan fingerprint density at radius 2 is 1.73 bits per heavy atom. The van der Waals surface area contributed by atoms with E-state index in [-0.39, 0.29) is 47.2 Å². The summed E-state index contributed by atoms with van der Waals surface area (Å²) in [4.78, 5) is 26.9. The number of benzene rings is 2. The number of anilines is 1. The highest BCUT2D eigenvalue weighted by Gasteiger charge is 2.34. The normalized spacial score (nSPS) is 20.6. The molecule has 3 aromatic rings. The van der Waals surface area contributed by atoms with Gasteiger partial charge in [0.15, 0.2) is 0 Å². The van der Waals surface area contributed by atoms with Gasteiger partial charge in [0.25, 0.3) is 15.9 Å². The summed E-state index contributed by atoms with van der Waals surface area (Å²) in [6, 6.07) is 13.8. The molecule has 0 aliphatic carbocycles. The lowest BCUT2D eigenvalue weighted by Crippen LogP contribution is -2.46. The Balaban J connectivity index is 0.00000370. The Kier molecular flexibility index (Phi) is 8.72. The average molecular weight is 586 g/mol. The van der Waals surface area contributed by atoms with E-state index in [0.717, 1.165) is 23.1 Å². The van der Waals surface area contributed by atoms with E-state index in [1.165, 1.54) is 12.1 Å². The summed E-state index contributed by atoms with van der Waals surface area (Å²) in [5, 5.41) is 0. The number of nitrogens with one attached hydrogen (secondary N) is 1. The number of sulfonamides is 1. The van der Waals surface area contributed by atoms with Gasteiger partial charge in [0.1, 0.15) is 6.10 Å². The van der Waals surface area contributed by atoms with Gasteiger partial charge in [-0.1, -0.05) is 38.1 Å². The van der Waals surface area contributed by atoms with Crippen molar-refractivity contribution in [3.05, 3.63) is 65.2 Å². The molecule has 2 atom stereocenters. The quantitative estimate of drug-likeness (QED) is 0.481. The molecule has 2 aliphatic rings. The minimum atomic E-state index is -4.08. The summed E-state index contributed by atoms with van der Waals surface area (Å²) < 4.78 is 35.8. The van der Waals surface area contributed by atoms with Crippen LogP contribution in [0.15, 0.2) is 53.4 Å². The van der Waals surface area contributed by atoms with Crippen molar-refractivity contribution in [2.75, 3.05) is 31.4 Å². The number of fused-ring (bicyclic) bond motifs is 6. The molecule has 6 bridgehead atoms. The molecule has 1 N–H and O–H groups in total. The minimum Gasteiger partial charge on any atom is -0.471 e. The summed E-state index contributed by atoms with van der Waals surface area (Å²) in [5.41, 5.74) is 3.77. The zero-order chi connectivity index (χ0) is 27.9. The number of ether oxygens (including phenoxy) is 1. The lowest BCUT2D eigenvalue weighted by molar-refractivity contribution is 0.0584. The molecule has 1 aromatic heterocycles. The molecule has 3 heterocycles. The van der Waals surface area contributed by atoms with Gasteiger partial charge in [-0.15, -0.1) is 12.4 Å². The van der Waals surface area contributed by atoms with E-state index in [4.69, 9.17) is 4.74 Å². The van der Waals surface area contributed by atoms with Gasteiger partial charge >= 0.3 is 0 Å². The van der Waals surface area contributed by atoms with Crippen LogP contribution in [0.25, 0.3) is 11.3 Å². The number of amides is 1. The zero-order valence-corrected chi connectivity index (χ0v) is 25.1. The van der Waals surface area contributed by atoms with Crippen LogP contribution in [0, 0.1) is 19.8 Å². The molecule has 0 spiro atoms. The largest absolute Gasteiger partial charge is 0.471 e. The van der Waals surface area contributed by atoms with Crippen LogP contribution in [-0.2, 0) is 10.0 Å². The maximum atomic E-state index is 13.9. The number of carbonyl (C=O) groups excluding carboxylic acids is 1. The monoisotopic (exact) mass is 585 g/mol. The minimum absolute atomic E-state index is 0. The first-order valence-electron chi connectivity index (χ1n) is 13.2. The Hall–Kier alpha value is -3.21. The summed E-state index contributed by atoms with van der Waals surface area (Å²) in [5.74, 6) is 0.324. The molecule has 9 nitrogen and oxygen atoms in total. The van der Waals surface area contributed by atoms with Crippen molar-refractivity contribution in [3.63, 3.8) is 0 Å². The van der Waals surface area contributed by atoms with Gasteiger partial charge < -0.3 is 14.5 Å². The van der Waals surface area contributed by atoms with E-state index >= 15 is 0 Å². The summed E-state index contributed by atoms with van der Waals surface area (Å²) >= 11 is 0. The van der Waals surface area contributed by atoms with Crippen LogP contribution in [0.5, 0.6) is 5.88 Å². The number of aromatic nitrogens is 2. The van der Waals surface area contributed by atoms with Crippen molar-refractivity contribution in [2.45, 2.75) is 51.2 Å². The Morgan fingerprint density at radius 3 is 2.42 bits per heavy atom. The SMILES string of the molecule is Cc1cccc(C)c1-c1cc2nc(n1)NS(=O)(=O)c1cccc(c1)C(=O)N1C[C@@H](CN(C)C[C@@H]1CC(C)C)O2.Cl. The third-order valence-corrected chi connectivity index (χ3v) is 8.55. The van der Waals surface area contributed by atoms with E-state index in [1.807, 2.05) is 44.0 Å². The molecule has 40 heavy (non-hydrogen) atoms. The predicted molar refractivity (Wildman–Crippen MR) is 158 cm³/mol. The third-order valence-electron chi connectivity index (χ3n) is 7.23. The summed E-state index contributed by atoms with van der Waals surface area (Å²) in [6.07, 6.45) is 0.432. The van der Waals surface area contributed by atoms with Crippen molar-refractivity contribution < 1.29 is 17.9 Å². The summed E-state index contributed by atoms with van der Waals surface area (Å²) in [6.45, 7) is 9.88. The van der Waals surface area contributed by atoms with Crippen LogP contribution in [0.1, 0.15) is 41.8 Å². The van der Waals surface area contributed by atoms with E-state index in [0.29, 0.717) is 36.8 Å². The molecule has 0 saturated carbocycles. The van der Waals surface area contributed by atoms with Crippen LogP contribution < -0.4 is 9.46 Å². The second kappa shape index (κ2) is 11.7. The van der Waals surface area contributed by atoms with Gasteiger partial charge in [-0.25, -0.2) is 18.1 Å². The van der Waals surface area contributed by atoms with Crippen molar-refractivity contribution in [3.8, 4) is 17.1 Å². The molecule has 214 valence electrons. The van der Waals surface area contributed by atoms with Crippen molar-refractivity contribution in [1.82, 2.24) is 19.8 Å². The molecular formula is C29H36ClN5O4S. The molecule has 2 aromatic carbocycles. The number of likely N-dealkylation sites (N-methyl/N-ethyl adjacent to an activating group) is 1. The molecule has 1 amide bonds. The van der Waals surface area contributed by atoms with Crippen molar-refractivity contribution >= 4 is 34.3 Å². The van der Waals surface area contributed by atoms with Gasteiger partial charge in [0.05, 0.1) is 17.1 Å². The zero-order valence-electron chi connectivity index (χ0n) is 23.4. The smallest absolute Gasteiger partial charge is 0.264 e. The van der Waals surface area contributed by atoms with Gasteiger partial charge in [-0.05, 0) is 62.6 Å².